The van der Waals surface area contributed by atoms with E-state index in [4.69, 9.17) is 47.4 Å². The summed E-state index contributed by atoms with van der Waals surface area (Å²) in [7, 11) is 6.47. The summed E-state index contributed by atoms with van der Waals surface area (Å²) in [6.07, 6.45) is 13.5. The van der Waals surface area contributed by atoms with Crippen LogP contribution in [0, 0.1) is 0 Å². The van der Waals surface area contributed by atoms with E-state index in [-0.39, 0.29) is 92.1 Å². The van der Waals surface area contributed by atoms with Crippen molar-refractivity contribution in [1.82, 2.24) is 14.7 Å². The largest absolute Gasteiger partial charge is 0.382 e. The highest BCUT2D eigenvalue weighted by molar-refractivity contribution is 8.00. The van der Waals surface area contributed by atoms with Gasteiger partial charge in [0, 0.05) is 113 Å². The number of ether oxygens (including phenoxy) is 10. The van der Waals surface area contributed by atoms with E-state index in [9.17, 15) is 33.6 Å². The molecule has 22 heteroatoms. The van der Waals surface area contributed by atoms with Gasteiger partial charge >= 0.3 is 0 Å². The number of likely N-dealkylation sites (tertiary alicyclic amines) is 2. The van der Waals surface area contributed by atoms with Crippen molar-refractivity contribution in [3.8, 4) is 0 Å². The van der Waals surface area contributed by atoms with E-state index in [0.717, 1.165) is 88.8 Å². The van der Waals surface area contributed by atoms with Crippen LogP contribution in [-0.4, -0.2) is 237 Å². The number of methoxy groups -OCH3 is 4. The fourth-order valence-electron chi connectivity index (χ4n) is 8.66. The lowest BCUT2D eigenvalue weighted by Crippen LogP contribution is -2.33. The van der Waals surface area contributed by atoms with Crippen molar-refractivity contribution in [2.45, 2.75) is 178 Å². The molecule has 0 aromatic heterocycles. The molecule has 0 radical (unpaired) electrons. The highest BCUT2D eigenvalue weighted by Gasteiger charge is 2.39. The molecule has 0 aromatic carbocycles. The Hall–Kier alpha value is -2.61. The molecule has 0 saturated carbocycles. The van der Waals surface area contributed by atoms with Crippen molar-refractivity contribution in [2.24, 2.45) is 0 Å². The summed E-state index contributed by atoms with van der Waals surface area (Å²) in [4.78, 5) is 94.6. The number of thioether (sulfide) groups is 2. The summed E-state index contributed by atoms with van der Waals surface area (Å²) in [5, 5.41) is -0.812. The van der Waals surface area contributed by atoms with E-state index in [1.807, 2.05) is 18.7 Å². The average Bonchev–Trinajstić information content (AvgIpc) is 3.93. The van der Waals surface area contributed by atoms with Crippen LogP contribution in [0.3, 0.4) is 0 Å². The monoisotopic (exact) mass is 1190 g/mol. The molecular weight excluding hydrogens is 1090 g/mol. The molecule has 472 valence electrons. The molecule has 0 aliphatic carbocycles. The van der Waals surface area contributed by atoms with Gasteiger partial charge in [0.2, 0.25) is 29.5 Å². The van der Waals surface area contributed by atoms with Gasteiger partial charge in [0.05, 0.1) is 89.8 Å². The molecule has 2 aliphatic heterocycles. The number of Topliss-reactive ketones (excluding diaryl/α,β-unsaturated/α-hetero) is 2. The Morgan fingerprint density at radius 2 is 0.852 bits per heavy atom. The molecule has 2 aliphatic rings. The molecule has 20 nitrogen and oxygen atoms in total. The summed E-state index contributed by atoms with van der Waals surface area (Å²) in [5.74, 6) is 0.957. The first kappa shape index (κ1) is 76.4. The van der Waals surface area contributed by atoms with Crippen LogP contribution in [0.2, 0.25) is 0 Å². The summed E-state index contributed by atoms with van der Waals surface area (Å²) < 4.78 is 54.4. The van der Waals surface area contributed by atoms with Crippen LogP contribution in [0.5, 0.6) is 0 Å². The van der Waals surface area contributed by atoms with Crippen molar-refractivity contribution >= 4 is 64.6 Å². The van der Waals surface area contributed by atoms with E-state index in [0.29, 0.717) is 137 Å². The number of carbonyl (C=O) groups is 7. The van der Waals surface area contributed by atoms with Gasteiger partial charge in [-0.25, -0.2) is 0 Å². The van der Waals surface area contributed by atoms with Crippen LogP contribution < -0.4 is 0 Å². The molecule has 5 amide bonds. The van der Waals surface area contributed by atoms with Crippen molar-refractivity contribution in [3.05, 3.63) is 0 Å². The smallest absolute Gasteiger partial charge is 0.242 e. The van der Waals surface area contributed by atoms with Gasteiger partial charge < -0.3 is 52.3 Å². The minimum atomic E-state index is -0.406. The van der Waals surface area contributed by atoms with Crippen LogP contribution in [0.1, 0.15) is 156 Å². The van der Waals surface area contributed by atoms with Crippen LogP contribution in [0.4, 0.5) is 0 Å². The molecule has 2 saturated heterocycles. The third-order valence-electron chi connectivity index (χ3n) is 13.4. The summed E-state index contributed by atoms with van der Waals surface area (Å²) >= 11 is 3.04. The molecule has 4 atom stereocenters. The van der Waals surface area contributed by atoms with E-state index < -0.39 is 10.5 Å². The predicted octanol–water partition coefficient (Wildman–Crippen LogP) is 7.56. The zero-order valence-electron chi connectivity index (χ0n) is 50.9. The average molecular weight is 1190 g/mol. The highest BCUT2D eigenvalue weighted by atomic mass is 32.2. The fraction of sp³-hybridized carbons (Fsp3) is 0.881. The van der Waals surface area contributed by atoms with Gasteiger partial charge in [-0.2, -0.15) is 0 Å². The van der Waals surface area contributed by atoms with Gasteiger partial charge in [-0.1, -0.05) is 52.9 Å². The highest BCUT2D eigenvalue weighted by Crippen LogP contribution is 2.28. The number of imide groups is 2. The molecular formula is C59H107N3O17S2. The topological polar surface area (TPSA) is 222 Å². The minimum Gasteiger partial charge on any atom is -0.382 e. The van der Waals surface area contributed by atoms with Crippen molar-refractivity contribution < 1.29 is 80.9 Å². The third kappa shape index (κ3) is 38.1. The zero-order valence-corrected chi connectivity index (χ0v) is 52.5. The number of hydrogen-bond donors (Lipinski definition) is 0. The number of hydrogen-bond acceptors (Lipinski definition) is 19. The maximum atomic E-state index is 13.1. The lowest BCUT2D eigenvalue weighted by Gasteiger charge is -2.23. The first-order valence-electron chi connectivity index (χ1n) is 30.2. The summed E-state index contributed by atoms with van der Waals surface area (Å²) in [6, 6.07) is 0. The van der Waals surface area contributed by atoms with Crippen LogP contribution in [0.15, 0.2) is 0 Å². The Morgan fingerprint density at radius 3 is 1.25 bits per heavy atom. The second-order valence-corrected chi connectivity index (χ2v) is 22.6. The Morgan fingerprint density at radius 1 is 0.469 bits per heavy atom. The van der Waals surface area contributed by atoms with Gasteiger partial charge in [-0.05, 0) is 69.3 Å². The molecule has 2 heterocycles. The van der Waals surface area contributed by atoms with Gasteiger partial charge in [0.15, 0.2) is 0 Å². The summed E-state index contributed by atoms with van der Waals surface area (Å²) in [5.41, 5.74) is 0. The van der Waals surface area contributed by atoms with E-state index in [1.54, 1.807) is 28.4 Å². The Balaban J connectivity index is 0.0000162. The molecule has 0 bridgehead atoms. The third-order valence-corrected chi connectivity index (χ3v) is 16.0. The Labute approximate surface area is 495 Å². The maximum Gasteiger partial charge on any atom is 0.242 e. The minimum absolute atomic E-state index is 0.0229. The molecule has 0 spiro atoms. The molecule has 2 fully saturated rings. The lowest BCUT2D eigenvalue weighted by molar-refractivity contribution is -0.140. The van der Waals surface area contributed by atoms with E-state index >= 15 is 0 Å². The molecule has 4 unspecified atom stereocenters. The number of amides is 5. The number of ketones is 2. The first-order chi connectivity index (χ1) is 39.5. The summed E-state index contributed by atoms with van der Waals surface area (Å²) in [6.45, 7) is 14.0. The van der Waals surface area contributed by atoms with Gasteiger partial charge in [-0.15, -0.1) is 23.5 Å². The van der Waals surface area contributed by atoms with Crippen molar-refractivity contribution in [3.63, 3.8) is 0 Å². The second-order valence-electron chi connectivity index (χ2n) is 20.0. The van der Waals surface area contributed by atoms with E-state index in [1.165, 1.54) is 33.3 Å². The lowest BCUT2D eigenvalue weighted by atomic mass is 10.1. The number of unbranched alkanes of at least 4 members (excludes halogenated alkanes) is 9. The standard InChI is InChI=1S/C57H101N3O17S2.C2H6/c1-6-7-22-53(63)58(25-14-8-10-18-39-78-51-41-54(64)59(56(51)66)27-23-47(61)20-12-16-29-72-43-49(76-37-33-70-4)45-74-35-31-68-2)26-15-9-11-19-40-79-52-42-55(65)60(57(52)67)28-24-48(62)21-13-17-30-73-44-50(77-38-34-71-5)46-75-36-32-69-3;1-2/h49-52H,6-46H2,1-5H3;1-2H3. The molecule has 2 rings (SSSR count). The van der Waals surface area contributed by atoms with E-state index in [2.05, 4.69) is 6.92 Å². The van der Waals surface area contributed by atoms with Crippen molar-refractivity contribution in [2.75, 3.05) is 159 Å². The van der Waals surface area contributed by atoms with Gasteiger partial charge in [0.25, 0.3) is 0 Å². The van der Waals surface area contributed by atoms with Gasteiger partial charge in [-0.3, -0.25) is 43.4 Å². The number of carbonyl (C=O) groups excluding carboxylic acids is 7. The van der Waals surface area contributed by atoms with Crippen LogP contribution in [0.25, 0.3) is 0 Å². The molecule has 0 N–H and O–H groups in total. The Kier molecular flexibility index (Phi) is 49.9. The van der Waals surface area contributed by atoms with Crippen LogP contribution >= 0.6 is 23.5 Å². The number of nitrogens with zero attached hydrogens (tertiary/aromatic N) is 3. The SMILES string of the molecule is CC.CCCCC(=O)N(CCCCCCSC1CC(=O)N(CCC(=O)CCCCOCC(COCCOC)OCCOC)C1=O)CCCCCCSC1CC(=O)N(CCC(=O)CCCCOCC(COCCOC)OCCOC)C1=O. The normalized spacial score (nSPS) is 16.1. The van der Waals surface area contributed by atoms with Crippen molar-refractivity contribution in [1.29, 1.82) is 0 Å². The number of rotatable bonds is 57. The van der Waals surface area contributed by atoms with Crippen LogP contribution in [-0.2, 0) is 80.9 Å². The predicted molar refractivity (Wildman–Crippen MR) is 317 cm³/mol. The van der Waals surface area contributed by atoms with Gasteiger partial charge in [0.1, 0.15) is 23.8 Å². The second kappa shape index (κ2) is 52.9. The fourth-order valence-corrected chi connectivity index (χ4v) is 11.0. The quantitative estimate of drug-likeness (QED) is 0.0423. The molecule has 0 aromatic rings. The Bertz CT molecular complexity index is 1550. The first-order valence-corrected chi connectivity index (χ1v) is 32.3. The molecule has 81 heavy (non-hydrogen) atoms. The maximum absolute atomic E-state index is 13.1. The zero-order chi connectivity index (χ0) is 59.6.